The van der Waals surface area contributed by atoms with Crippen molar-refractivity contribution in [3.05, 3.63) is 71.8 Å². The van der Waals surface area contributed by atoms with E-state index in [1.165, 1.54) is 11.8 Å². The number of hydrogen-bond acceptors (Lipinski definition) is 7. The number of carbonyl (C=O) groups excluding carboxylic acids is 1. The first kappa shape index (κ1) is 25.1. The van der Waals surface area contributed by atoms with E-state index in [1.807, 2.05) is 79.1 Å². The van der Waals surface area contributed by atoms with Gasteiger partial charge in [0.25, 0.3) is 0 Å². The van der Waals surface area contributed by atoms with Crippen LogP contribution in [0.25, 0.3) is 17.1 Å². The smallest absolute Gasteiger partial charge is 0.234 e. The summed E-state index contributed by atoms with van der Waals surface area (Å²) in [6.07, 6.45) is 0. The van der Waals surface area contributed by atoms with Gasteiger partial charge in [0.05, 0.1) is 27.1 Å². The topological polar surface area (TPSA) is 87.5 Å². The molecular weight excluding hydrogens is 476 g/mol. The molecule has 4 rings (SSSR count). The van der Waals surface area contributed by atoms with E-state index in [0.717, 1.165) is 28.1 Å². The van der Waals surface area contributed by atoms with E-state index in [2.05, 4.69) is 15.5 Å². The molecule has 0 bridgehead atoms. The maximum atomic E-state index is 12.8. The minimum absolute atomic E-state index is 0.120. The van der Waals surface area contributed by atoms with Gasteiger partial charge in [-0.2, -0.15) is 0 Å². The maximum Gasteiger partial charge on any atom is 0.234 e. The van der Waals surface area contributed by atoms with Gasteiger partial charge in [-0.05, 0) is 55.3 Å². The molecule has 3 aromatic carbocycles. The molecule has 0 aliphatic heterocycles. The van der Waals surface area contributed by atoms with E-state index < -0.39 is 0 Å². The van der Waals surface area contributed by atoms with Crippen LogP contribution < -0.4 is 19.5 Å². The Balaban J connectivity index is 1.68. The normalized spacial score (nSPS) is 10.7. The Hall–Kier alpha value is -3.98. The minimum Gasteiger partial charge on any atom is -0.493 e. The summed E-state index contributed by atoms with van der Waals surface area (Å²) in [6.45, 7) is 4.01. The van der Waals surface area contributed by atoms with Crippen LogP contribution in [0.3, 0.4) is 0 Å². The van der Waals surface area contributed by atoms with Crippen LogP contribution in [-0.2, 0) is 4.79 Å². The third-order valence-electron chi connectivity index (χ3n) is 5.78. The Labute approximate surface area is 214 Å². The number of thioether (sulfide) groups is 1. The van der Waals surface area contributed by atoms with E-state index >= 15 is 0 Å². The molecule has 0 unspecified atom stereocenters. The highest BCUT2D eigenvalue weighted by molar-refractivity contribution is 7.99. The van der Waals surface area contributed by atoms with Crippen LogP contribution in [0.5, 0.6) is 17.2 Å². The molecule has 0 spiro atoms. The van der Waals surface area contributed by atoms with Crippen molar-refractivity contribution in [2.45, 2.75) is 19.0 Å². The van der Waals surface area contributed by atoms with Crippen molar-refractivity contribution >= 4 is 23.4 Å². The number of ether oxygens (including phenoxy) is 3. The molecule has 1 aromatic heterocycles. The lowest BCUT2D eigenvalue weighted by atomic mass is 10.1. The lowest BCUT2D eigenvalue weighted by molar-refractivity contribution is -0.113. The number of carbonyl (C=O) groups is 1. The summed E-state index contributed by atoms with van der Waals surface area (Å²) in [5.41, 5.74) is 4.58. The molecular formula is C27H28N4O4S. The van der Waals surface area contributed by atoms with Crippen molar-refractivity contribution < 1.29 is 19.0 Å². The quantitative estimate of drug-likeness (QED) is 0.309. The molecule has 0 aliphatic rings. The highest BCUT2D eigenvalue weighted by Crippen LogP contribution is 2.41. The van der Waals surface area contributed by atoms with E-state index in [1.54, 1.807) is 21.3 Å². The number of para-hydroxylation sites is 1. The van der Waals surface area contributed by atoms with Gasteiger partial charge >= 0.3 is 0 Å². The van der Waals surface area contributed by atoms with Crippen molar-refractivity contribution in [2.75, 3.05) is 32.4 Å². The van der Waals surface area contributed by atoms with Gasteiger partial charge in [0.2, 0.25) is 11.7 Å². The Morgan fingerprint density at radius 1 is 0.917 bits per heavy atom. The van der Waals surface area contributed by atoms with Crippen molar-refractivity contribution in [3.63, 3.8) is 0 Å². The molecule has 4 aromatic rings. The zero-order valence-electron chi connectivity index (χ0n) is 20.9. The third kappa shape index (κ3) is 5.16. The van der Waals surface area contributed by atoms with Gasteiger partial charge in [0, 0.05) is 16.9 Å². The van der Waals surface area contributed by atoms with Crippen LogP contribution in [0.15, 0.2) is 65.8 Å². The van der Waals surface area contributed by atoms with Gasteiger partial charge in [-0.25, -0.2) is 0 Å². The molecule has 0 radical (unpaired) electrons. The number of nitrogens with one attached hydrogen (secondary N) is 1. The van der Waals surface area contributed by atoms with Crippen LogP contribution in [0.1, 0.15) is 11.1 Å². The highest BCUT2D eigenvalue weighted by Gasteiger charge is 2.21. The molecule has 1 N–H and O–H groups in total. The fourth-order valence-electron chi connectivity index (χ4n) is 3.77. The summed E-state index contributed by atoms with van der Waals surface area (Å²) in [7, 11) is 4.70. The molecule has 186 valence electrons. The van der Waals surface area contributed by atoms with Gasteiger partial charge in [0.15, 0.2) is 22.5 Å². The summed E-state index contributed by atoms with van der Waals surface area (Å²) in [6, 6.07) is 19.3. The van der Waals surface area contributed by atoms with E-state index in [9.17, 15) is 4.79 Å². The molecule has 36 heavy (non-hydrogen) atoms. The molecule has 0 fully saturated rings. The zero-order chi connectivity index (χ0) is 25.7. The molecule has 0 saturated heterocycles. The number of benzene rings is 3. The van der Waals surface area contributed by atoms with Gasteiger partial charge in [0.1, 0.15) is 0 Å². The van der Waals surface area contributed by atoms with E-state index in [0.29, 0.717) is 28.2 Å². The van der Waals surface area contributed by atoms with Crippen LogP contribution in [0.4, 0.5) is 5.69 Å². The predicted molar refractivity (Wildman–Crippen MR) is 142 cm³/mol. The Morgan fingerprint density at radius 2 is 1.61 bits per heavy atom. The molecule has 0 aliphatic carbocycles. The molecule has 1 amide bonds. The fourth-order valence-corrected chi connectivity index (χ4v) is 4.53. The van der Waals surface area contributed by atoms with Gasteiger partial charge in [-0.15, -0.1) is 10.2 Å². The van der Waals surface area contributed by atoms with Crippen molar-refractivity contribution in [2.24, 2.45) is 0 Å². The lowest BCUT2D eigenvalue weighted by Gasteiger charge is -2.15. The van der Waals surface area contributed by atoms with Crippen molar-refractivity contribution in [1.82, 2.24) is 14.8 Å². The third-order valence-corrected chi connectivity index (χ3v) is 6.71. The summed E-state index contributed by atoms with van der Waals surface area (Å²) in [5, 5.41) is 12.5. The minimum atomic E-state index is -0.120. The Kier molecular flexibility index (Phi) is 7.80. The summed E-state index contributed by atoms with van der Waals surface area (Å²) < 4.78 is 18.4. The second kappa shape index (κ2) is 11.2. The highest BCUT2D eigenvalue weighted by atomic mass is 32.2. The monoisotopic (exact) mass is 504 g/mol. The van der Waals surface area contributed by atoms with Crippen molar-refractivity contribution in [1.29, 1.82) is 0 Å². The van der Waals surface area contributed by atoms with Crippen LogP contribution in [0, 0.1) is 13.8 Å². The number of hydrogen-bond donors (Lipinski definition) is 1. The van der Waals surface area contributed by atoms with Crippen LogP contribution in [-0.4, -0.2) is 47.8 Å². The number of rotatable bonds is 9. The van der Waals surface area contributed by atoms with E-state index in [4.69, 9.17) is 14.2 Å². The molecule has 8 nitrogen and oxygen atoms in total. The Morgan fingerprint density at radius 3 is 2.25 bits per heavy atom. The predicted octanol–water partition coefficient (Wildman–Crippen LogP) is 5.31. The lowest BCUT2D eigenvalue weighted by Crippen LogP contribution is -2.15. The second-order valence-corrected chi connectivity index (χ2v) is 8.92. The zero-order valence-corrected chi connectivity index (χ0v) is 21.7. The van der Waals surface area contributed by atoms with Crippen molar-refractivity contribution in [3.8, 4) is 34.3 Å². The first-order valence-electron chi connectivity index (χ1n) is 11.3. The largest absolute Gasteiger partial charge is 0.493 e. The molecule has 0 saturated carbocycles. The SMILES string of the molecule is COc1cc(-c2nnc(SCC(=O)Nc3cccc(C)c3C)n2-c2ccccc2)cc(OC)c1OC. The van der Waals surface area contributed by atoms with E-state index in [-0.39, 0.29) is 11.7 Å². The molecule has 1 heterocycles. The number of anilines is 1. The van der Waals surface area contributed by atoms with Crippen LogP contribution in [0.2, 0.25) is 0 Å². The average molecular weight is 505 g/mol. The number of aryl methyl sites for hydroxylation is 1. The molecule has 9 heteroatoms. The van der Waals surface area contributed by atoms with Crippen LogP contribution >= 0.6 is 11.8 Å². The average Bonchev–Trinajstić information content (AvgIpc) is 3.33. The number of amides is 1. The second-order valence-electron chi connectivity index (χ2n) is 7.98. The summed E-state index contributed by atoms with van der Waals surface area (Å²) in [4.78, 5) is 12.8. The first-order chi connectivity index (χ1) is 17.5. The summed E-state index contributed by atoms with van der Waals surface area (Å²) in [5.74, 6) is 2.15. The molecule has 0 atom stereocenters. The summed E-state index contributed by atoms with van der Waals surface area (Å²) >= 11 is 1.31. The van der Waals surface area contributed by atoms with Gasteiger partial charge < -0.3 is 19.5 Å². The number of aromatic nitrogens is 3. The Bertz CT molecular complexity index is 1350. The fraction of sp³-hybridized carbons (Fsp3) is 0.222. The van der Waals surface area contributed by atoms with Gasteiger partial charge in [-0.1, -0.05) is 42.1 Å². The standard InChI is InChI=1S/C27H28N4O4S/c1-17-10-9-13-21(18(17)2)28-24(32)16-36-27-30-29-26(31(27)20-11-7-6-8-12-20)19-14-22(33-3)25(35-5)23(15-19)34-4/h6-15H,16H2,1-5H3,(H,28,32). The van der Waals surface area contributed by atoms with Gasteiger partial charge in [-0.3, -0.25) is 9.36 Å². The number of nitrogens with zero attached hydrogens (tertiary/aromatic N) is 3. The number of methoxy groups -OCH3 is 3. The maximum absolute atomic E-state index is 12.8. The first-order valence-corrected chi connectivity index (χ1v) is 12.3.